The Bertz CT molecular complexity index is 342. The molecule has 0 bridgehead atoms. The molecule has 0 amide bonds. The van der Waals surface area contributed by atoms with Crippen LogP contribution in [0.25, 0.3) is 0 Å². The summed E-state index contributed by atoms with van der Waals surface area (Å²) >= 11 is 0. The van der Waals surface area contributed by atoms with E-state index < -0.39 is 6.10 Å². The zero-order valence-electron chi connectivity index (χ0n) is 10.8. The van der Waals surface area contributed by atoms with E-state index in [1.165, 1.54) is 25.7 Å². The summed E-state index contributed by atoms with van der Waals surface area (Å²) in [7, 11) is 2.12. The Morgan fingerprint density at radius 3 is 2.65 bits per heavy atom. The maximum Gasteiger partial charge on any atom is 0.0931 e. The van der Waals surface area contributed by atoms with Gasteiger partial charge in [-0.05, 0) is 37.8 Å². The van der Waals surface area contributed by atoms with Crippen LogP contribution in [0.5, 0.6) is 0 Å². The van der Waals surface area contributed by atoms with Gasteiger partial charge in [0.2, 0.25) is 0 Å². The number of nitrogens with zero attached hydrogens (tertiary/aromatic N) is 2. The van der Waals surface area contributed by atoms with Crippen molar-refractivity contribution in [2.75, 3.05) is 18.5 Å². The van der Waals surface area contributed by atoms with Gasteiger partial charge in [-0.1, -0.05) is 12.8 Å². The molecule has 1 fully saturated rings. The van der Waals surface area contributed by atoms with Gasteiger partial charge in [-0.15, -0.1) is 0 Å². The van der Waals surface area contributed by atoms with Crippen molar-refractivity contribution in [3.05, 3.63) is 24.0 Å². The molecule has 1 saturated carbocycles. The van der Waals surface area contributed by atoms with Gasteiger partial charge in [-0.3, -0.25) is 4.98 Å². The number of rotatable bonds is 4. The second kappa shape index (κ2) is 5.50. The van der Waals surface area contributed by atoms with E-state index in [-0.39, 0.29) is 0 Å². The van der Waals surface area contributed by atoms with Gasteiger partial charge in [0.25, 0.3) is 0 Å². The van der Waals surface area contributed by atoms with Crippen LogP contribution in [0.2, 0.25) is 0 Å². The predicted molar refractivity (Wildman–Crippen MR) is 70.1 cm³/mol. The number of aromatic nitrogens is 1. The number of pyridine rings is 1. The number of hydrogen-bond acceptors (Lipinski definition) is 3. The standard InChI is InChI=1S/C14H22N2O/c1-11(17)14-8-7-13(9-15-14)16(2)10-12-5-3-4-6-12/h7-9,11-12,17H,3-6,10H2,1-2H3/t11-/m1/s1. The summed E-state index contributed by atoms with van der Waals surface area (Å²) in [6.07, 6.45) is 6.88. The first-order valence-corrected chi connectivity index (χ1v) is 6.52. The first kappa shape index (κ1) is 12.4. The minimum atomic E-state index is -0.482. The maximum atomic E-state index is 9.41. The molecule has 1 atom stereocenters. The highest BCUT2D eigenvalue weighted by Gasteiger charge is 2.17. The molecule has 1 heterocycles. The fourth-order valence-electron chi connectivity index (χ4n) is 2.56. The van der Waals surface area contributed by atoms with Crippen molar-refractivity contribution in [1.82, 2.24) is 4.98 Å². The Morgan fingerprint density at radius 1 is 1.41 bits per heavy atom. The molecule has 0 aliphatic heterocycles. The molecule has 2 rings (SSSR count). The van der Waals surface area contributed by atoms with Crippen molar-refractivity contribution in [2.45, 2.75) is 38.7 Å². The topological polar surface area (TPSA) is 36.4 Å². The summed E-state index contributed by atoms with van der Waals surface area (Å²) in [5.74, 6) is 0.844. The Kier molecular flexibility index (Phi) is 4.00. The summed E-state index contributed by atoms with van der Waals surface area (Å²) in [6.45, 7) is 2.86. The molecule has 1 aliphatic rings. The third-order valence-corrected chi connectivity index (χ3v) is 3.65. The maximum absolute atomic E-state index is 9.41. The molecule has 0 unspecified atom stereocenters. The normalized spacial score (nSPS) is 18.3. The lowest BCUT2D eigenvalue weighted by Crippen LogP contribution is -2.24. The Balaban J connectivity index is 1.96. The monoisotopic (exact) mass is 234 g/mol. The minimum Gasteiger partial charge on any atom is -0.387 e. The van der Waals surface area contributed by atoms with Gasteiger partial charge in [0, 0.05) is 13.6 Å². The highest BCUT2D eigenvalue weighted by Crippen LogP contribution is 2.26. The van der Waals surface area contributed by atoms with E-state index in [1.54, 1.807) is 6.92 Å². The zero-order chi connectivity index (χ0) is 12.3. The van der Waals surface area contributed by atoms with E-state index in [0.29, 0.717) is 0 Å². The Hall–Kier alpha value is -1.09. The molecule has 0 aromatic carbocycles. The van der Waals surface area contributed by atoms with Crippen LogP contribution in [0.1, 0.15) is 44.4 Å². The van der Waals surface area contributed by atoms with Crippen molar-refractivity contribution in [2.24, 2.45) is 5.92 Å². The minimum absolute atomic E-state index is 0.482. The lowest BCUT2D eigenvalue weighted by molar-refractivity contribution is 0.194. The average Bonchev–Trinajstić information content (AvgIpc) is 2.82. The molecule has 0 spiro atoms. The van der Waals surface area contributed by atoms with Crippen molar-refractivity contribution in [3.8, 4) is 0 Å². The molecule has 0 radical (unpaired) electrons. The summed E-state index contributed by atoms with van der Waals surface area (Å²) in [6, 6.07) is 3.95. The van der Waals surface area contributed by atoms with Gasteiger partial charge in [0.15, 0.2) is 0 Å². The number of hydrogen-bond donors (Lipinski definition) is 1. The molecule has 3 heteroatoms. The Labute approximate surface area is 103 Å². The van der Waals surface area contributed by atoms with E-state index in [4.69, 9.17) is 0 Å². The van der Waals surface area contributed by atoms with Gasteiger partial charge in [-0.2, -0.15) is 0 Å². The van der Waals surface area contributed by atoms with Crippen LogP contribution in [0.4, 0.5) is 5.69 Å². The van der Waals surface area contributed by atoms with Gasteiger partial charge in [0.05, 0.1) is 23.7 Å². The second-order valence-electron chi connectivity index (χ2n) is 5.15. The summed E-state index contributed by atoms with van der Waals surface area (Å²) < 4.78 is 0. The van der Waals surface area contributed by atoms with E-state index in [2.05, 4.69) is 16.9 Å². The second-order valence-corrected chi connectivity index (χ2v) is 5.15. The zero-order valence-corrected chi connectivity index (χ0v) is 10.8. The fraction of sp³-hybridized carbons (Fsp3) is 0.643. The van der Waals surface area contributed by atoms with Crippen molar-refractivity contribution in [3.63, 3.8) is 0 Å². The van der Waals surface area contributed by atoms with Crippen LogP contribution in [0.15, 0.2) is 18.3 Å². The van der Waals surface area contributed by atoms with Crippen LogP contribution in [0, 0.1) is 5.92 Å². The van der Waals surface area contributed by atoms with Gasteiger partial charge in [-0.25, -0.2) is 0 Å². The highest BCUT2D eigenvalue weighted by atomic mass is 16.3. The van der Waals surface area contributed by atoms with Crippen LogP contribution in [0.3, 0.4) is 0 Å². The first-order valence-electron chi connectivity index (χ1n) is 6.52. The highest BCUT2D eigenvalue weighted by molar-refractivity contribution is 5.43. The fourth-order valence-corrected chi connectivity index (χ4v) is 2.56. The van der Waals surface area contributed by atoms with Gasteiger partial charge >= 0.3 is 0 Å². The Morgan fingerprint density at radius 2 is 2.12 bits per heavy atom. The molecule has 1 aromatic heterocycles. The lowest BCUT2D eigenvalue weighted by Gasteiger charge is -2.23. The predicted octanol–water partition coefficient (Wildman–Crippen LogP) is 2.76. The lowest BCUT2D eigenvalue weighted by atomic mass is 10.1. The van der Waals surface area contributed by atoms with Crippen LogP contribution < -0.4 is 4.90 Å². The molecule has 1 aliphatic carbocycles. The third-order valence-electron chi connectivity index (χ3n) is 3.65. The molecular formula is C14H22N2O. The van der Waals surface area contributed by atoms with E-state index in [1.807, 2.05) is 18.3 Å². The number of aliphatic hydroxyl groups excluding tert-OH is 1. The van der Waals surface area contributed by atoms with Gasteiger partial charge < -0.3 is 10.0 Å². The van der Waals surface area contributed by atoms with Crippen LogP contribution in [-0.2, 0) is 0 Å². The molecule has 17 heavy (non-hydrogen) atoms. The van der Waals surface area contributed by atoms with Crippen LogP contribution >= 0.6 is 0 Å². The molecule has 0 saturated heterocycles. The SMILES string of the molecule is C[C@@H](O)c1ccc(N(C)CC2CCCC2)cn1. The molecule has 94 valence electrons. The smallest absolute Gasteiger partial charge is 0.0931 e. The summed E-state index contributed by atoms with van der Waals surface area (Å²) in [5.41, 5.74) is 1.88. The van der Waals surface area contributed by atoms with Crippen molar-refractivity contribution >= 4 is 5.69 Å². The third kappa shape index (κ3) is 3.19. The van der Waals surface area contributed by atoms with Gasteiger partial charge in [0.1, 0.15) is 0 Å². The molecular weight excluding hydrogens is 212 g/mol. The van der Waals surface area contributed by atoms with Crippen molar-refractivity contribution < 1.29 is 5.11 Å². The largest absolute Gasteiger partial charge is 0.387 e. The summed E-state index contributed by atoms with van der Waals surface area (Å²) in [5, 5.41) is 9.41. The van der Waals surface area contributed by atoms with Crippen molar-refractivity contribution in [1.29, 1.82) is 0 Å². The quantitative estimate of drug-likeness (QED) is 0.870. The molecule has 3 nitrogen and oxygen atoms in total. The molecule has 1 N–H and O–H groups in total. The first-order chi connectivity index (χ1) is 8.16. The van der Waals surface area contributed by atoms with Crippen LogP contribution in [-0.4, -0.2) is 23.7 Å². The molecule has 1 aromatic rings. The van der Waals surface area contributed by atoms with E-state index in [0.717, 1.165) is 23.8 Å². The number of anilines is 1. The average molecular weight is 234 g/mol. The van der Waals surface area contributed by atoms with E-state index in [9.17, 15) is 5.11 Å². The number of aliphatic hydroxyl groups is 1. The summed E-state index contributed by atoms with van der Waals surface area (Å²) in [4.78, 5) is 6.55. The van der Waals surface area contributed by atoms with E-state index >= 15 is 0 Å².